The minimum Gasteiger partial charge on any atom is -0.456 e. The number of pyridine rings is 1. The standard InChI is InChI=1S/C33H31N2O/c1-21-14-16-26-27-17-18-28(34-3)31(24-12-6-5-7-13-24)33(27)36-32(26)30(21)29-19-15-25(22(2)35(29)4)20-23-10-8-9-11-23/h5-7,12-19,23H,8-11,20H2,1-2,4H3/q+1/i5D,6D,7D,12D,13D. The Hall–Kier alpha value is -3.90. The van der Waals surface area contributed by atoms with Gasteiger partial charge in [-0.1, -0.05) is 80.2 Å². The summed E-state index contributed by atoms with van der Waals surface area (Å²) in [6.07, 6.45) is 6.33. The average Bonchev–Trinajstić information content (AvgIpc) is 3.62. The molecule has 1 aliphatic carbocycles. The fourth-order valence-corrected chi connectivity index (χ4v) is 5.82. The molecular formula is C33H31N2O+. The maximum atomic E-state index is 8.60. The molecule has 0 radical (unpaired) electrons. The minimum absolute atomic E-state index is 0.0254. The number of fused-ring (bicyclic) bond motifs is 3. The van der Waals surface area contributed by atoms with E-state index < -0.39 is 18.1 Å². The number of furan rings is 1. The van der Waals surface area contributed by atoms with Crippen LogP contribution < -0.4 is 4.57 Å². The number of rotatable bonds is 4. The highest BCUT2D eigenvalue weighted by Crippen LogP contribution is 2.44. The number of nitrogens with zero attached hydrogens (tertiary/aromatic N) is 2. The third-order valence-electron chi connectivity index (χ3n) is 7.88. The van der Waals surface area contributed by atoms with Crippen LogP contribution in [0.2, 0.25) is 0 Å². The molecule has 0 bridgehead atoms. The number of hydrogen-bond acceptors (Lipinski definition) is 1. The Labute approximate surface area is 219 Å². The molecule has 1 saturated carbocycles. The second-order valence-corrected chi connectivity index (χ2v) is 9.93. The van der Waals surface area contributed by atoms with Crippen LogP contribution in [0.15, 0.2) is 71.0 Å². The van der Waals surface area contributed by atoms with Crippen molar-refractivity contribution in [3.05, 3.63) is 94.8 Å². The maximum Gasteiger partial charge on any atom is 0.216 e. The fourth-order valence-electron chi connectivity index (χ4n) is 5.82. The molecule has 1 aliphatic rings. The van der Waals surface area contributed by atoms with Gasteiger partial charge in [0.25, 0.3) is 0 Å². The Morgan fingerprint density at radius 1 is 0.944 bits per heavy atom. The molecule has 2 heterocycles. The Kier molecular flexibility index (Phi) is 4.36. The second-order valence-electron chi connectivity index (χ2n) is 9.93. The van der Waals surface area contributed by atoms with Gasteiger partial charge in [0.1, 0.15) is 18.2 Å². The zero-order valence-electron chi connectivity index (χ0n) is 25.9. The molecule has 36 heavy (non-hydrogen) atoms. The van der Waals surface area contributed by atoms with Crippen molar-refractivity contribution in [2.45, 2.75) is 46.0 Å². The highest BCUT2D eigenvalue weighted by Gasteiger charge is 2.26. The third kappa shape index (κ3) is 3.60. The van der Waals surface area contributed by atoms with Gasteiger partial charge in [-0.25, -0.2) is 4.85 Å². The van der Waals surface area contributed by atoms with E-state index in [1.807, 2.05) is 19.1 Å². The van der Waals surface area contributed by atoms with Gasteiger partial charge in [-0.05, 0) is 36.5 Å². The molecule has 1 fully saturated rings. The van der Waals surface area contributed by atoms with Crippen molar-refractivity contribution < 1.29 is 15.8 Å². The fraction of sp³-hybridized carbons (Fsp3) is 0.273. The lowest BCUT2D eigenvalue weighted by atomic mass is 9.95. The minimum atomic E-state index is -0.470. The van der Waals surface area contributed by atoms with Crippen LogP contribution in [0.5, 0.6) is 0 Å². The number of benzene rings is 3. The Morgan fingerprint density at radius 2 is 1.64 bits per heavy atom. The van der Waals surface area contributed by atoms with Crippen molar-refractivity contribution >= 4 is 27.6 Å². The van der Waals surface area contributed by atoms with Gasteiger partial charge in [0.15, 0.2) is 11.4 Å². The van der Waals surface area contributed by atoms with Gasteiger partial charge in [-0.15, -0.1) is 0 Å². The van der Waals surface area contributed by atoms with Gasteiger partial charge in [-0.3, -0.25) is 0 Å². The Morgan fingerprint density at radius 3 is 2.36 bits per heavy atom. The molecule has 0 saturated heterocycles. The molecular weight excluding hydrogens is 440 g/mol. The van der Waals surface area contributed by atoms with Crippen molar-refractivity contribution in [2.75, 3.05) is 0 Å². The zero-order chi connectivity index (χ0) is 29.2. The zero-order valence-corrected chi connectivity index (χ0v) is 20.9. The number of hydrogen-bond donors (Lipinski definition) is 0. The van der Waals surface area contributed by atoms with Gasteiger partial charge in [-0.2, -0.15) is 4.57 Å². The number of aromatic nitrogens is 1. The van der Waals surface area contributed by atoms with Crippen LogP contribution >= 0.6 is 0 Å². The van der Waals surface area contributed by atoms with E-state index in [1.165, 1.54) is 36.9 Å². The first-order chi connectivity index (χ1) is 19.6. The van der Waals surface area contributed by atoms with E-state index in [1.54, 1.807) is 6.07 Å². The van der Waals surface area contributed by atoms with Crippen molar-refractivity contribution in [1.82, 2.24) is 0 Å². The molecule has 2 aromatic heterocycles. The topological polar surface area (TPSA) is 21.4 Å². The summed E-state index contributed by atoms with van der Waals surface area (Å²) in [5.74, 6) is 0.747. The van der Waals surface area contributed by atoms with Crippen LogP contribution in [0.25, 0.3) is 49.2 Å². The summed E-state index contributed by atoms with van der Waals surface area (Å²) in [6, 6.07) is 9.84. The monoisotopic (exact) mass is 476 g/mol. The lowest BCUT2D eigenvalue weighted by Gasteiger charge is -2.13. The van der Waals surface area contributed by atoms with Crippen LogP contribution in [0.3, 0.4) is 0 Å². The van der Waals surface area contributed by atoms with E-state index >= 15 is 0 Å². The summed E-state index contributed by atoms with van der Waals surface area (Å²) in [5.41, 5.74) is 6.92. The van der Waals surface area contributed by atoms with Crippen molar-refractivity contribution in [3.8, 4) is 22.4 Å². The maximum absolute atomic E-state index is 8.60. The van der Waals surface area contributed by atoms with Crippen LogP contribution in [0.4, 0.5) is 5.69 Å². The van der Waals surface area contributed by atoms with Gasteiger partial charge >= 0.3 is 0 Å². The molecule has 0 amide bonds. The summed E-state index contributed by atoms with van der Waals surface area (Å²) < 4.78 is 50.5. The lowest BCUT2D eigenvalue weighted by Crippen LogP contribution is -2.36. The summed E-state index contributed by atoms with van der Waals surface area (Å²) in [7, 11) is 2.08. The first-order valence-electron chi connectivity index (χ1n) is 15.1. The molecule has 3 nitrogen and oxygen atoms in total. The molecule has 0 N–H and O–H groups in total. The molecule has 3 aromatic carbocycles. The van der Waals surface area contributed by atoms with E-state index in [4.69, 9.17) is 17.8 Å². The predicted molar refractivity (Wildman–Crippen MR) is 147 cm³/mol. The van der Waals surface area contributed by atoms with Gasteiger partial charge in [0.2, 0.25) is 5.69 Å². The highest BCUT2D eigenvalue weighted by atomic mass is 16.3. The molecule has 0 unspecified atom stereocenters. The van der Waals surface area contributed by atoms with E-state index in [-0.39, 0.29) is 28.9 Å². The predicted octanol–water partition coefficient (Wildman–Crippen LogP) is 8.64. The SMILES string of the molecule is [2H]c1c([2H])c([2H])c(-c2c([N+]#[C-])ccc3c2oc2c(-c4ccc(CC5CCCC5)c(C)[n+]4C)c(C)ccc23)c([2H])c1[2H]. The van der Waals surface area contributed by atoms with Crippen LogP contribution in [-0.4, -0.2) is 0 Å². The van der Waals surface area contributed by atoms with Gasteiger partial charge in [0.05, 0.1) is 19.0 Å². The quantitative estimate of drug-likeness (QED) is 0.188. The molecule has 6 rings (SSSR count). The van der Waals surface area contributed by atoms with Crippen molar-refractivity contribution in [3.63, 3.8) is 0 Å². The van der Waals surface area contributed by atoms with Crippen molar-refractivity contribution in [1.29, 1.82) is 0 Å². The summed E-state index contributed by atoms with van der Waals surface area (Å²) in [4.78, 5) is 3.66. The van der Waals surface area contributed by atoms with E-state index in [0.29, 0.717) is 11.2 Å². The van der Waals surface area contributed by atoms with Crippen LogP contribution in [-0.2, 0) is 13.5 Å². The normalized spacial score (nSPS) is 16.0. The molecule has 3 heteroatoms. The number of aryl methyl sites for hydroxylation is 1. The van der Waals surface area contributed by atoms with Crippen LogP contribution in [0.1, 0.15) is 49.4 Å². The molecule has 0 spiro atoms. The average molecular weight is 477 g/mol. The Balaban J connectivity index is 1.63. The first kappa shape index (κ1) is 17.5. The highest BCUT2D eigenvalue weighted by molar-refractivity contribution is 6.15. The molecule has 0 atom stereocenters. The smallest absolute Gasteiger partial charge is 0.216 e. The largest absolute Gasteiger partial charge is 0.456 e. The van der Waals surface area contributed by atoms with Gasteiger partial charge < -0.3 is 4.42 Å². The summed E-state index contributed by atoms with van der Waals surface area (Å²) >= 11 is 0. The van der Waals surface area contributed by atoms with E-state index in [0.717, 1.165) is 39.9 Å². The van der Waals surface area contributed by atoms with E-state index in [2.05, 4.69) is 41.6 Å². The summed E-state index contributed by atoms with van der Waals surface area (Å²) in [5, 5.41) is 1.58. The third-order valence-corrected chi connectivity index (χ3v) is 7.88. The van der Waals surface area contributed by atoms with E-state index in [9.17, 15) is 0 Å². The van der Waals surface area contributed by atoms with Crippen LogP contribution in [0, 0.1) is 26.3 Å². The Bertz CT molecular complexity index is 1900. The first-order valence-corrected chi connectivity index (χ1v) is 12.6. The van der Waals surface area contributed by atoms with Crippen molar-refractivity contribution in [2.24, 2.45) is 13.0 Å². The van der Waals surface area contributed by atoms with Gasteiger partial charge in [0, 0.05) is 34.9 Å². The second kappa shape index (κ2) is 8.95. The summed E-state index contributed by atoms with van der Waals surface area (Å²) in [6.45, 7) is 12.0. The molecule has 5 aromatic rings. The molecule has 0 aliphatic heterocycles. The lowest BCUT2D eigenvalue weighted by molar-refractivity contribution is -0.667. The molecule has 178 valence electrons.